The van der Waals surface area contributed by atoms with E-state index in [9.17, 15) is 14.6 Å². The lowest BCUT2D eigenvalue weighted by Gasteiger charge is -2.25. The van der Waals surface area contributed by atoms with Crippen molar-refractivity contribution in [2.45, 2.75) is 27.7 Å². The highest BCUT2D eigenvalue weighted by Crippen LogP contribution is 2.45. The van der Waals surface area contributed by atoms with Crippen LogP contribution in [-0.4, -0.2) is 35.3 Å². The molecular weight excluding hydrogens is 303 g/mol. The minimum Gasteiger partial charge on any atom is -0.442 e. The van der Waals surface area contributed by atoms with Crippen LogP contribution in [0.15, 0.2) is 30.3 Å². The molecule has 0 spiro atoms. The summed E-state index contributed by atoms with van der Waals surface area (Å²) in [6.45, 7) is 6.83. The maximum Gasteiger partial charge on any atom is 0.261 e. The number of para-hydroxylation sites is 1. The van der Waals surface area contributed by atoms with Crippen LogP contribution in [0.25, 0.3) is 0 Å². The van der Waals surface area contributed by atoms with Gasteiger partial charge in [-0.15, -0.1) is 0 Å². The minimum atomic E-state index is -2.91. The second-order valence-electron chi connectivity index (χ2n) is 6.06. The fourth-order valence-electron chi connectivity index (χ4n) is 1.67. The van der Waals surface area contributed by atoms with E-state index in [-0.39, 0.29) is 13.0 Å². The molecule has 0 aliphatic rings. The molecule has 6 nitrogen and oxygen atoms in total. The number of amides is 1. The molecule has 1 aromatic carbocycles. The molecule has 0 aliphatic heterocycles. The molecule has 1 aromatic rings. The average Bonchev–Trinajstić information content (AvgIpc) is 2.46. The fourth-order valence-corrected chi connectivity index (χ4v) is 3.03. The number of carbonyl (C=O) groups excluding carboxylic acids is 1. The maximum atomic E-state index is 12.6. The summed E-state index contributed by atoms with van der Waals surface area (Å²) in [6, 6.07) is 8.94. The van der Waals surface area contributed by atoms with Crippen molar-refractivity contribution in [2.75, 3.05) is 19.1 Å². The van der Waals surface area contributed by atoms with Crippen LogP contribution >= 0.6 is 7.37 Å². The van der Waals surface area contributed by atoms with Crippen LogP contribution < -0.4 is 9.84 Å². The summed E-state index contributed by atoms with van der Waals surface area (Å²) in [5.41, 5.74) is -0.675. The Balaban J connectivity index is 2.53. The lowest BCUT2D eigenvalue weighted by molar-refractivity contribution is -0.175. The molecule has 0 saturated carbocycles. The second-order valence-corrected chi connectivity index (χ2v) is 8.82. The molecule has 124 valence electrons. The third-order valence-corrected chi connectivity index (χ3v) is 5.20. The number of hydroxylamine groups is 2. The van der Waals surface area contributed by atoms with Gasteiger partial charge in [0.25, 0.3) is 13.3 Å². The van der Waals surface area contributed by atoms with E-state index < -0.39 is 18.7 Å². The number of carbonyl (C=O) groups is 1. The van der Waals surface area contributed by atoms with Crippen molar-refractivity contribution in [3.63, 3.8) is 0 Å². The van der Waals surface area contributed by atoms with Gasteiger partial charge < -0.3 is 4.52 Å². The number of rotatable bonds is 7. The number of hydrogen-bond acceptors (Lipinski definition) is 5. The summed E-state index contributed by atoms with van der Waals surface area (Å²) >= 11 is 0. The van der Waals surface area contributed by atoms with Crippen molar-refractivity contribution < 1.29 is 19.1 Å². The first-order valence-electron chi connectivity index (χ1n) is 7.22. The summed E-state index contributed by atoms with van der Waals surface area (Å²) in [6.07, 6.45) is 0.431. The Morgan fingerprint density at radius 3 is 2.41 bits per heavy atom. The molecule has 1 unspecified atom stereocenters. The number of hydrogen-bond donors (Lipinski definition) is 2. The van der Waals surface area contributed by atoms with E-state index in [0.717, 1.165) is 0 Å². The zero-order chi connectivity index (χ0) is 16.8. The highest BCUT2D eigenvalue weighted by molar-refractivity contribution is 7.59. The zero-order valence-electron chi connectivity index (χ0n) is 13.6. The molecule has 2 N–H and O–H groups in total. The monoisotopic (exact) mass is 328 g/mol. The molecule has 0 bridgehead atoms. The molecule has 1 atom stereocenters. The first-order valence-corrected chi connectivity index (χ1v) is 9.22. The third-order valence-electron chi connectivity index (χ3n) is 2.99. The summed E-state index contributed by atoms with van der Waals surface area (Å²) in [5, 5.41) is 13.1. The van der Waals surface area contributed by atoms with E-state index in [4.69, 9.17) is 4.52 Å². The zero-order valence-corrected chi connectivity index (χ0v) is 14.5. The lowest BCUT2D eigenvalue weighted by Crippen LogP contribution is -2.42. The van der Waals surface area contributed by atoms with Gasteiger partial charge in [-0.2, -0.15) is 0 Å². The fraction of sp³-hybridized carbons (Fsp3) is 0.533. The van der Waals surface area contributed by atoms with Crippen LogP contribution in [0.2, 0.25) is 0 Å². The van der Waals surface area contributed by atoms with Crippen molar-refractivity contribution in [1.82, 2.24) is 10.4 Å². The Bertz CT molecular complexity index is 528. The quantitative estimate of drug-likeness (QED) is 0.348. The molecule has 0 aliphatic carbocycles. The molecule has 0 radical (unpaired) electrons. The minimum absolute atomic E-state index is 0.0763. The van der Waals surface area contributed by atoms with Crippen LogP contribution in [0.1, 0.15) is 27.7 Å². The highest BCUT2D eigenvalue weighted by Gasteiger charge is 2.27. The standard InChI is InChI=1S/C15H25N2O4P/c1-5-22(20,21-13-9-7-6-8-10-13)12-16-11-17(19)14(18)15(2,3)4/h6-10,16,19H,5,11-12H2,1-4H3. The van der Waals surface area contributed by atoms with Crippen molar-refractivity contribution >= 4 is 13.3 Å². The average molecular weight is 328 g/mol. The lowest BCUT2D eigenvalue weighted by atomic mass is 9.96. The van der Waals surface area contributed by atoms with Gasteiger partial charge in [-0.25, -0.2) is 5.06 Å². The Hall–Kier alpha value is -1.36. The topological polar surface area (TPSA) is 78.9 Å². The third kappa shape index (κ3) is 5.79. The predicted octanol–water partition coefficient (Wildman–Crippen LogP) is 3.13. The van der Waals surface area contributed by atoms with Crippen LogP contribution in [0, 0.1) is 5.41 Å². The van der Waals surface area contributed by atoms with Gasteiger partial charge in [0.05, 0.1) is 13.0 Å². The van der Waals surface area contributed by atoms with Gasteiger partial charge in [-0.3, -0.25) is 19.9 Å². The smallest absolute Gasteiger partial charge is 0.261 e. The molecule has 0 saturated heterocycles. The maximum absolute atomic E-state index is 12.6. The molecule has 0 fully saturated rings. The van der Waals surface area contributed by atoms with Gasteiger partial charge in [0.2, 0.25) is 0 Å². The first kappa shape index (κ1) is 18.7. The van der Waals surface area contributed by atoms with Gasteiger partial charge in [0, 0.05) is 11.6 Å². The molecule has 1 amide bonds. The van der Waals surface area contributed by atoms with Gasteiger partial charge in [0.1, 0.15) is 5.75 Å². The van der Waals surface area contributed by atoms with Crippen LogP contribution in [0.4, 0.5) is 0 Å². The van der Waals surface area contributed by atoms with Crippen LogP contribution in [0.3, 0.4) is 0 Å². The number of nitrogens with zero attached hydrogens (tertiary/aromatic N) is 1. The summed E-state index contributed by atoms with van der Waals surface area (Å²) in [4.78, 5) is 11.8. The Labute approximate surface area is 131 Å². The Kier molecular flexibility index (Phi) is 6.60. The molecule has 0 heterocycles. The van der Waals surface area contributed by atoms with E-state index >= 15 is 0 Å². The Morgan fingerprint density at radius 2 is 1.91 bits per heavy atom. The molecule has 1 rings (SSSR count). The van der Waals surface area contributed by atoms with Crippen LogP contribution in [0.5, 0.6) is 5.75 Å². The summed E-state index contributed by atoms with van der Waals surface area (Å²) in [5.74, 6) is 0.136. The molecule has 0 aromatic heterocycles. The van der Waals surface area contributed by atoms with Gasteiger partial charge in [-0.05, 0) is 12.1 Å². The predicted molar refractivity (Wildman–Crippen MR) is 86.2 cm³/mol. The van der Waals surface area contributed by atoms with Crippen molar-refractivity contribution in [1.29, 1.82) is 0 Å². The van der Waals surface area contributed by atoms with Gasteiger partial charge >= 0.3 is 0 Å². The normalized spacial score (nSPS) is 14.2. The van der Waals surface area contributed by atoms with Crippen molar-refractivity contribution in [3.8, 4) is 5.75 Å². The van der Waals surface area contributed by atoms with E-state index in [0.29, 0.717) is 17.0 Å². The van der Waals surface area contributed by atoms with E-state index in [1.165, 1.54) is 0 Å². The van der Waals surface area contributed by atoms with Crippen LogP contribution in [-0.2, 0) is 9.36 Å². The number of benzene rings is 1. The van der Waals surface area contributed by atoms with Crippen molar-refractivity contribution in [3.05, 3.63) is 30.3 Å². The summed E-state index contributed by atoms with van der Waals surface area (Å²) < 4.78 is 18.2. The molecule has 7 heteroatoms. The molecular formula is C15H25N2O4P. The van der Waals surface area contributed by atoms with E-state index in [1.54, 1.807) is 52.0 Å². The second kappa shape index (κ2) is 7.77. The number of nitrogens with one attached hydrogen (secondary N) is 1. The largest absolute Gasteiger partial charge is 0.442 e. The molecule has 22 heavy (non-hydrogen) atoms. The Morgan fingerprint density at radius 1 is 1.32 bits per heavy atom. The van der Waals surface area contributed by atoms with E-state index in [2.05, 4.69) is 5.32 Å². The van der Waals surface area contributed by atoms with E-state index in [1.807, 2.05) is 6.07 Å². The van der Waals surface area contributed by atoms with Gasteiger partial charge in [-0.1, -0.05) is 45.9 Å². The highest BCUT2D eigenvalue weighted by atomic mass is 31.2. The first-order chi connectivity index (χ1) is 10.2. The van der Waals surface area contributed by atoms with Crippen molar-refractivity contribution in [2.24, 2.45) is 5.41 Å². The van der Waals surface area contributed by atoms with Gasteiger partial charge in [0.15, 0.2) is 0 Å². The SMILES string of the molecule is CCP(=O)(CNCN(O)C(=O)C(C)(C)C)Oc1ccccc1. The summed E-state index contributed by atoms with van der Waals surface area (Å²) in [7, 11) is -2.91.